The lowest BCUT2D eigenvalue weighted by Crippen LogP contribution is -2.11. The fourth-order valence-corrected chi connectivity index (χ4v) is 0.362. The zero-order valence-corrected chi connectivity index (χ0v) is 8.31. The summed E-state index contributed by atoms with van der Waals surface area (Å²) < 4.78 is 0. The Morgan fingerprint density at radius 3 is 2.36 bits per heavy atom. The van der Waals surface area contributed by atoms with Crippen LogP contribution < -0.4 is 5.32 Å². The van der Waals surface area contributed by atoms with Gasteiger partial charge in [0.15, 0.2) is 0 Å². The summed E-state index contributed by atoms with van der Waals surface area (Å²) in [4.78, 5) is 3.91. The third-order valence-electron chi connectivity index (χ3n) is 0.981. The number of rotatable bonds is 2. The van der Waals surface area contributed by atoms with Gasteiger partial charge in [-0.2, -0.15) is 0 Å². The van der Waals surface area contributed by atoms with E-state index in [4.69, 9.17) is 0 Å². The maximum Gasteiger partial charge on any atom is 0.0967 e. The topological polar surface area (TPSA) is 24.4 Å². The van der Waals surface area contributed by atoms with Gasteiger partial charge in [0.1, 0.15) is 0 Å². The van der Waals surface area contributed by atoms with Crippen LogP contribution in [0.3, 0.4) is 0 Å². The summed E-state index contributed by atoms with van der Waals surface area (Å²) in [6.07, 6.45) is 5.01. The number of amidine groups is 1. The molecular weight excluding hydrogens is 136 g/mol. The zero-order chi connectivity index (χ0) is 9.11. The van der Waals surface area contributed by atoms with E-state index in [1.54, 1.807) is 7.05 Å². The molecule has 0 saturated carbocycles. The second kappa shape index (κ2) is 11.9. The van der Waals surface area contributed by atoms with E-state index in [0.717, 1.165) is 12.3 Å². The first-order valence-electron chi connectivity index (χ1n) is 4.16. The molecule has 0 unspecified atom stereocenters. The van der Waals surface area contributed by atoms with E-state index in [-0.39, 0.29) is 0 Å². The first kappa shape index (κ1) is 12.8. The van der Waals surface area contributed by atoms with Crippen LogP contribution in [-0.2, 0) is 0 Å². The molecule has 0 aliphatic carbocycles. The van der Waals surface area contributed by atoms with Crippen LogP contribution in [0.1, 0.15) is 34.1 Å². The normalized spacial score (nSPS) is 10.8. The Balaban J connectivity index is 0. The molecule has 0 spiro atoms. The van der Waals surface area contributed by atoms with Crippen LogP contribution >= 0.6 is 0 Å². The molecule has 0 rings (SSSR count). The second-order valence-corrected chi connectivity index (χ2v) is 1.76. The predicted molar refractivity (Wildman–Crippen MR) is 52.9 cm³/mol. The Hall–Kier alpha value is -0.790. The molecule has 0 amide bonds. The minimum absolute atomic E-state index is 0.944. The lowest BCUT2D eigenvalue weighted by molar-refractivity contribution is 1.15. The molecule has 0 atom stereocenters. The fraction of sp³-hybridized carbons (Fsp3) is 0.667. The molecular formula is C9H20N2. The highest BCUT2D eigenvalue weighted by Gasteiger charge is 1.76. The summed E-state index contributed by atoms with van der Waals surface area (Å²) in [5.74, 6) is 0.944. The van der Waals surface area contributed by atoms with E-state index in [1.165, 1.54) is 0 Å². The summed E-state index contributed by atoms with van der Waals surface area (Å²) in [7, 11) is 1.77. The van der Waals surface area contributed by atoms with Gasteiger partial charge in [0.05, 0.1) is 5.84 Å². The van der Waals surface area contributed by atoms with Crippen LogP contribution in [0.15, 0.2) is 17.3 Å². The van der Waals surface area contributed by atoms with Crippen molar-refractivity contribution in [2.75, 3.05) is 7.05 Å². The average Bonchev–Trinajstić information content (AvgIpc) is 2.08. The number of allylic oxidation sites excluding steroid dienone is 1. The van der Waals surface area contributed by atoms with Gasteiger partial charge in [-0.15, -0.1) is 0 Å². The molecule has 0 radical (unpaired) electrons. The van der Waals surface area contributed by atoms with Crippen molar-refractivity contribution in [3.63, 3.8) is 0 Å². The van der Waals surface area contributed by atoms with Crippen molar-refractivity contribution in [2.24, 2.45) is 4.99 Å². The molecule has 2 heteroatoms. The van der Waals surface area contributed by atoms with Crippen LogP contribution in [0.4, 0.5) is 0 Å². The first-order valence-corrected chi connectivity index (χ1v) is 4.16. The average molecular weight is 156 g/mol. The van der Waals surface area contributed by atoms with Crippen molar-refractivity contribution in [1.29, 1.82) is 0 Å². The van der Waals surface area contributed by atoms with E-state index in [9.17, 15) is 0 Å². The van der Waals surface area contributed by atoms with Gasteiger partial charge >= 0.3 is 0 Å². The van der Waals surface area contributed by atoms with Crippen molar-refractivity contribution in [2.45, 2.75) is 34.1 Å². The summed E-state index contributed by atoms with van der Waals surface area (Å²) in [5, 5.41) is 3.00. The Morgan fingerprint density at radius 2 is 2.00 bits per heavy atom. The third-order valence-corrected chi connectivity index (χ3v) is 0.981. The summed E-state index contributed by atoms with van der Waals surface area (Å²) >= 11 is 0. The number of hydrogen-bond donors (Lipinski definition) is 1. The van der Waals surface area contributed by atoms with E-state index in [2.05, 4.69) is 23.3 Å². The van der Waals surface area contributed by atoms with Crippen molar-refractivity contribution < 1.29 is 0 Å². The van der Waals surface area contributed by atoms with Crippen molar-refractivity contribution in [1.82, 2.24) is 5.32 Å². The van der Waals surface area contributed by atoms with Crippen molar-refractivity contribution in [3.05, 3.63) is 12.3 Å². The second-order valence-electron chi connectivity index (χ2n) is 1.76. The molecule has 11 heavy (non-hydrogen) atoms. The van der Waals surface area contributed by atoms with E-state index >= 15 is 0 Å². The van der Waals surface area contributed by atoms with Gasteiger partial charge in [-0.25, -0.2) is 0 Å². The molecule has 0 aromatic carbocycles. The molecule has 0 aliphatic rings. The third kappa shape index (κ3) is 12.4. The minimum atomic E-state index is 0.944. The van der Waals surface area contributed by atoms with Gasteiger partial charge in [0.2, 0.25) is 0 Å². The van der Waals surface area contributed by atoms with E-state index in [1.807, 2.05) is 27.0 Å². The van der Waals surface area contributed by atoms with Crippen molar-refractivity contribution in [3.8, 4) is 0 Å². The Bertz CT molecular complexity index is 115. The van der Waals surface area contributed by atoms with E-state index < -0.39 is 0 Å². The zero-order valence-electron chi connectivity index (χ0n) is 8.31. The lowest BCUT2D eigenvalue weighted by atomic mass is 10.5. The van der Waals surface area contributed by atoms with Crippen LogP contribution in [0.25, 0.3) is 0 Å². The number of aliphatic imine (C=N–C) groups is 1. The molecule has 0 fully saturated rings. The summed E-state index contributed by atoms with van der Waals surface area (Å²) in [5.41, 5.74) is 0. The molecule has 0 saturated heterocycles. The quantitative estimate of drug-likeness (QED) is 0.482. The monoisotopic (exact) mass is 156 g/mol. The Morgan fingerprint density at radius 1 is 1.45 bits per heavy atom. The van der Waals surface area contributed by atoms with Gasteiger partial charge in [-0.3, -0.25) is 4.99 Å². The number of nitrogens with zero attached hydrogens (tertiary/aromatic N) is 1. The van der Waals surface area contributed by atoms with Gasteiger partial charge < -0.3 is 5.32 Å². The first-order chi connectivity index (χ1) is 5.31. The molecule has 0 aromatic heterocycles. The van der Waals surface area contributed by atoms with Gasteiger partial charge in [-0.1, -0.05) is 26.8 Å². The lowest BCUT2D eigenvalue weighted by Gasteiger charge is -1.94. The number of hydrogen-bond acceptors (Lipinski definition) is 1. The largest absolute Gasteiger partial charge is 0.351 e. The summed E-state index contributed by atoms with van der Waals surface area (Å²) in [6, 6.07) is 0. The van der Waals surface area contributed by atoms with E-state index in [0.29, 0.717) is 0 Å². The predicted octanol–water partition coefficient (Wildman–Crippen LogP) is 2.57. The van der Waals surface area contributed by atoms with Crippen LogP contribution in [0.2, 0.25) is 0 Å². The van der Waals surface area contributed by atoms with Crippen LogP contribution in [0, 0.1) is 0 Å². The van der Waals surface area contributed by atoms with Crippen molar-refractivity contribution >= 4 is 5.84 Å². The molecule has 0 aliphatic heterocycles. The minimum Gasteiger partial charge on any atom is -0.351 e. The highest BCUT2D eigenvalue weighted by atomic mass is 14.9. The fourth-order valence-electron chi connectivity index (χ4n) is 0.362. The molecule has 1 N–H and O–H groups in total. The van der Waals surface area contributed by atoms with Gasteiger partial charge in [-0.05, 0) is 19.5 Å². The maximum absolute atomic E-state index is 3.91. The van der Waals surface area contributed by atoms with Crippen LogP contribution in [0.5, 0.6) is 0 Å². The highest BCUT2D eigenvalue weighted by molar-refractivity contribution is 5.80. The molecule has 0 heterocycles. The van der Waals surface area contributed by atoms with Crippen LogP contribution in [-0.4, -0.2) is 12.9 Å². The molecule has 0 bridgehead atoms. The SMILES string of the molecule is CC.CC/C=C\NC(C)=NC. The van der Waals surface area contributed by atoms with Gasteiger partial charge in [0, 0.05) is 7.05 Å². The molecule has 66 valence electrons. The number of nitrogens with one attached hydrogen (secondary N) is 1. The van der Waals surface area contributed by atoms with Gasteiger partial charge in [0.25, 0.3) is 0 Å². The highest BCUT2D eigenvalue weighted by Crippen LogP contribution is 1.75. The molecule has 0 aromatic rings. The Kier molecular flexibility index (Phi) is 13.9. The smallest absolute Gasteiger partial charge is 0.0967 e. The summed E-state index contributed by atoms with van der Waals surface area (Å²) in [6.45, 7) is 8.02. The standard InChI is InChI=1S/C7H14N2.C2H6/c1-4-5-6-9-7(2)8-3;1-2/h5-6H,4H2,1-3H3,(H,8,9);1-2H3/b6-5-;. The Labute approximate surface area is 70.4 Å². The molecule has 2 nitrogen and oxygen atoms in total. The maximum atomic E-state index is 3.91.